The molecule has 0 saturated carbocycles. The van der Waals surface area contributed by atoms with Gasteiger partial charge in [0.25, 0.3) is 0 Å². The van der Waals surface area contributed by atoms with Gasteiger partial charge >= 0.3 is 0 Å². The molecule has 0 aliphatic heterocycles. The summed E-state index contributed by atoms with van der Waals surface area (Å²) in [6.45, 7) is 2.04. The van der Waals surface area contributed by atoms with Gasteiger partial charge in [0.15, 0.2) is 6.29 Å². The predicted octanol–water partition coefficient (Wildman–Crippen LogP) is 2.10. The highest BCUT2D eigenvalue weighted by Gasteiger charge is 2.16. The molecule has 0 unspecified atom stereocenters. The highest BCUT2D eigenvalue weighted by Crippen LogP contribution is 2.23. The number of carbonyl (C=O) groups is 1. The van der Waals surface area contributed by atoms with E-state index in [2.05, 4.69) is 20.1 Å². The zero-order valence-electron chi connectivity index (χ0n) is 11.5. The molecule has 0 atom stereocenters. The Labute approximate surface area is 121 Å². The third-order valence-electron chi connectivity index (χ3n) is 3.12. The van der Waals surface area contributed by atoms with Crippen molar-refractivity contribution in [2.45, 2.75) is 13.3 Å². The van der Waals surface area contributed by atoms with Gasteiger partial charge in [0.2, 0.25) is 5.95 Å². The lowest BCUT2D eigenvalue weighted by Crippen LogP contribution is -2.01. The van der Waals surface area contributed by atoms with Crippen LogP contribution in [-0.4, -0.2) is 31.0 Å². The average molecular weight is 279 g/mol. The molecule has 0 bridgehead atoms. The molecular formula is C15H13N5O. The van der Waals surface area contributed by atoms with E-state index in [0.29, 0.717) is 17.2 Å². The summed E-state index contributed by atoms with van der Waals surface area (Å²) < 4.78 is 1.49. The Kier molecular flexibility index (Phi) is 3.51. The number of rotatable bonds is 4. The summed E-state index contributed by atoms with van der Waals surface area (Å²) in [6.07, 6.45) is 8.16. The van der Waals surface area contributed by atoms with Crippen molar-refractivity contribution in [1.29, 1.82) is 0 Å². The minimum atomic E-state index is 0.417. The van der Waals surface area contributed by atoms with Gasteiger partial charge < -0.3 is 0 Å². The van der Waals surface area contributed by atoms with Gasteiger partial charge in [-0.25, -0.2) is 14.6 Å². The van der Waals surface area contributed by atoms with Crippen LogP contribution >= 0.6 is 0 Å². The molecule has 21 heavy (non-hydrogen) atoms. The minimum absolute atomic E-state index is 0.417. The highest BCUT2D eigenvalue weighted by atomic mass is 16.1. The standard InChI is InChI=1S/C15H13N5O/c1-2-11-5-3-6-16-13(11)14-12(10-21)9-20(19-14)15-17-7-4-8-18-15/h3-10H,2H2,1H3. The number of aldehydes is 1. The zero-order valence-corrected chi connectivity index (χ0v) is 11.5. The summed E-state index contributed by atoms with van der Waals surface area (Å²) in [5.41, 5.74) is 2.78. The van der Waals surface area contributed by atoms with E-state index in [1.54, 1.807) is 30.9 Å². The molecule has 3 aromatic heterocycles. The van der Waals surface area contributed by atoms with Crippen LogP contribution in [0.3, 0.4) is 0 Å². The highest BCUT2D eigenvalue weighted by molar-refractivity contribution is 5.85. The summed E-state index contributed by atoms with van der Waals surface area (Å²) >= 11 is 0. The van der Waals surface area contributed by atoms with E-state index in [4.69, 9.17) is 0 Å². The maximum Gasteiger partial charge on any atom is 0.250 e. The largest absolute Gasteiger partial charge is 0.298 e. The van der Waals surface area contributed by atoms with Crippen LogP contribution in [0.15, 0.2) is 43.0 Å². The first kappa shape index (κ1) is 13.1. The van der Waals surface area contributed by atoms with Crippen LogP contribution in [0.5, 0.6) is 0 Å². The van der Waals surface area contributed by atoms with Gasteiger partial charge in [0.1, 0.15) is 5.69 Å². The fourth-order valence-corrected chi connectivity index (χ4v) is 2.11. The van der Waals surface area contributed by atoms with Gasteiger partial charge in [-0.05, 0) is 24.1 Å². The van der Waals surface area contributed by atoms with E-state index in [9.17, 15) is 4.79 Å². The van der Waals surface area contributed by atoms with E-state index in [1.165, 1.54) is 4.68 Å². The topological polar surface area (TPSA) is 73.6 Å². The minimum Gasteiger partial charge on any atom is -0.298 e. The van der Waals surface area contributed by atoms with Crippen LogP contribution in [0.2, 0.25) is 0 Å². The normalized spacial score (nSPS) is 10.5. The lowest BCUT2D eigenvalue weighted by Gasteiger charge is -2.03. The van der Waals surface area contributed by atoms with Gasteiger partial charge in [-0.2, -0.15) is 5.10 Å². The number of aromatic nitrogens is 5. The van der Waals surface area contributed by atoms with Crippen molar-refractivity contribution in [3.05, 3.63) is 54.1 Å². The van der Waals surface area contributed by atoms with Crippen LogP contribution in [0, 0.1) is 0 Å². The van der Waals surface area contributed by atoms with Crippen molar-refractivity contribution in [1.82, 2.24) is 24.7 Å². The van der Waals surface area contributed by atoms with Crippen molar-refractivity contribution in [3.63, 3.8) is 0 Å². The maximum absolute atomic E-state index is 11.3. The Morgan fingerprint density at radius 3 is 2.57 bits per heavy atom. The van der Waals surface area contributed by atoms with Crippen molar-refractivity contribution >= 4 is 6.29 Å². The summed E-state index contributed by atoms with van der Waals surface area (Å²) in [6, 6.07) is 5.58. The lowest BCUT2D eigenvalue weighted by atomic mass is 10.1. The van der Waals surface area contributed by atoms with Crippen LogP contribution < -0.4 is 0 Å². The van der Waals surface area contributed by atoms with Gasteiger partial charge in [-0.3, -0.25) is 9.78 Å². The number of nitrogens with zero attached hydrogens (tertiary/aromatic N) is 5. The summed E-state index contributed by atoms with van der Waals surface area (Å²) in [5.74, 6) is 0.417. The first-order chi connectivity index (χ1) is 10.3. The fourth-order valence-electron chi connectivity index (χ4n) is 2.11. The Morgan fingerprint density at radius 2 is 1.86 bits per heavy atom. The monoisotopic (exact) mass is 279 g/mol. The van der Waals surface area contributed by atoms with Crippen LogP contribution in [0.1, 0.15) is 22.8 Å². The first-order valence-electron chi connectivity index (χ1n) is 6.60. The third kappa shape index (κ3) is 2.43. The number of pyridine rings is 1. The van der Waals surface area contributed by atoms with Gasteiger partial charge in [0, 0.05) is 24.8 Å². The van der Waals surface area contributed by atoms with E-state index < -0.39 is 0 Å². The quantitative estimate of drug-likeness (QED) is 0.684. The lowest BCUT2D eigenvalue weighted by molar-refractivity contribution is 0.112. The average Bonchev–Trinajstić information content (AvgIpc) is 2.99. The van der Waals surface area contributed by atoms with Gasteiger partial charge in [-0.15, -0.1) is 0 Å². The molecule has 0 aromatic carbocycles. The molecule has 3 aromatic rings. The molecular weight excluding hydrogens is 266 g/mol. The van der Waals surface area contributed by atoms with Crippen LogP contribution in [-0.2, 0) is 6.42 Å². The smallest absolute Gasteiger partial charge is 0.250 e. The molecule has 104 valence electrons. The Bertz CT molecular complexity index is 767. The molecule has 3 heterocycles. The van der Waals surface area contributed by atoms with Crippen molar-refractivity contribution in [2.24, 2.45) is 0 Å². The van der Waals surface area contributed by atoms with Crippen LogP contribution in [0.25, 0.3) is 17.3 Å². The molecule has 0 saturated heterocycles. The molecule has 0 aliphatic rings. The number of aryl methyl sites for hydroxylation is 1. The third-order valence-corrected chi connectivity index (χ3v) is 3.12. The summed E-state index contributed by atoms with van der Waals surface area (Å²) in [4.78, 5) is 23.9. The Morgan fingerprint density at radius 1 is 1.10 bits per heavy atom. The van der Waals surface area contributed by atoms with Gasteiger partial charge in [-0.1, -0.05) is 13.0 Å². The number of hydrogen-bond acceptors (Lipinski definition) is 5. The molecule has 0 amide bonds. The molecule has 0 radical (unpaired) electrons. The van der Waals surface area contributed by atoms with Gasteiger partial charge in [0.05, 0.1) is 11.3 Å². The molecule has 0 aliphatic carbocycles. The predicted molar refractivity (Wildman–Crippen MR) is 77.2 cm³/mol. The van der Waals surface area contributed by atoms with Crippen molar-refractivity contribution in [2.75, 3.05) is 0 Å². The first-order valence-corrected chi connectivity index (χ1v) is 6.60. The second-order valence-electron chi connectivity index (χ2n) is 4.41. The fraction of sp³-hybridized carbons (Fsp3) is 0.133. The molecule has 6 nitrogen and oxygen atoms in total. The van der Waals surface area contributed by atoms with E-state index in [0.717, 1.165) is 24.0 Å². The molecule has 0 N–H and O–H groups in total. The van der Waals surface area contributed by atoms with Crippen LogP contribution in [0.4, 0.5) is 0 Å². The van der Waals surface area contributed by atoms with E-state index >= 15 is 0 Å². The molecule has 6 heteroatoms. The van der Waals surface area contributed by atoms with E-state index in [-0.39, 0.29) is 0 Å². The summed E-state index contributed by atoms with van der Waals surface area (Å²) in [5, 5.41) is 4.43. The van der Waals surface area contributed by atoms with Crippen molar-refractivity contribution in [3.8, 4) is 17.3 Å². The SMILES string of the molecule is CCc1cccnc1-c1nn(-c2ncccn2)cc1C=O. The van der Waals surface area contributed by atoms with E-state index in [1.807, 2.05) is 19.1 Å². The maximum atomic E-state index is 11.3. The van der Waals surface area contributed by atoms with Crippen molar-refractivity contribution < 1.29 is 4.79 Å². The molecule has 0 fully saturated rings. The second kappa shape index (κ2) is 5.62. The Balaban J connectivity index is 2.15. The number of carbonyl (C=O) groups excluding carboxylic acids is 1. The summed E-state index contributed by atoms with van der Waals surface area (Å²) in [7, 11) is 0. The molecule has 0 spiro atoms. The zero-order chi connectivity index (χ0) is 14.7. The molecule has 3 rings (SSSR count). The Hall–Kier alpha value is -2.89. The number of hydrogen-bond donors (Lipinski definition) is 0. The second-order valence-corrected chi connectivity index (χ2v) is 4.41.